The van der Waals surface area contributed by atoms with Crippen molar-refractivity contribution in [1.82, 2.24) is 4.72 Å². The molecule has 0 radical (unpaired) electrons. The molecule has 1 N–H and O–H groups in total. The van der Waals surface area contributed by atoms with Crippen LogP contribution in [0.25, 0.3) is 0 Å². The Morgan fingerprint density at radius 1 is 1.28 bits per heavy atom. The minimum absolute atomic E-state index is 0.235. The SMILES string of the molecule is CS(=O)(=O)NCCc1c[c]([Sn]([CH3])([CH3])[CH3])ccc1F. The van der Waals surface area contributed by atoms with Crippen molar-refractivity contribution in [2.75, 3.05) is 12.8 Å². The molecule has 0 aliphatic heterocycles. The Labute approximate surface area is 113 Å². The van der Waals surface area contributed by atoms with E-state index in [4.69, 9.17) is 0 Å². The van der Waals surface area contributed by atoms with E-state index in [-0.39, 0.29) is 12.4 Å². The molecular weight excluding hydrogens is 360 g/mol. The zero-order chi connectivity index (χ0) is 14.0. The summed E-state index contributed by atoms with van der Waals surface area (Å²) in [5.41, 5.74) is 0.593. The minimum atomic E-state index is -3.20. The van der Waals surface area contributed by atoms with E-state index in [1.807, 2.05) is 12.1 Å². The van der Waals surface area contributed by atoms with Crippen molar-refractivity contribution in [1.29, 1.82) is 0 Å². The van der Waals surface area contributed by atoms with Gasteiger partial charge in [0.1, 0.15) is 0 Å². The van der Waals surface area contributed by atoms with Crippen molar-refractivity contribution in [2.24, 2.45) is 0 Å². The Morgan fingerprint density at radius 3 is 2.39 bits per heavy atom. The fraction of sp³-hybridized carbons (Fsp3) is 0.500. The molecule has 1 aromatic rings. The number of sulfonamides is 1. The predicted octanol–water partition coefficient (Wildman–Crippen LogP) is 1.46. The van der Waals surface area contributed by atoms with Gasteiger partial charge in [0.25, 0.3) is 0 Å². The van der Waals surface area contributed by atoms with Crippen LogP contribution in [-0.4, -0.2) is 39.6 Å². The summed E-state index contributed by atoms with van der Waals surface area (Å²) in [7, 11) is -3.20. The third-order valence-corrected chi connectivity index (χ3v) is 9.23. The normalized spacial score (nSPS) is 12.7. The van der Waals surface area contributed by atoms with Crippen LogP contribution in [0.3, 0.4) is 0 Å². The van der Waals surface area contributed by atoms with Crippen LogP contribution in [-0.2, 0) is 16.4 Å². The van der Waals surface area contributed by atoms with Crippen LogP contribution in [0.2, 0.25) is 14.8 Å². The third-order valence-electron chi connectivity index (χ3n) is 2.67. The van der Waals surface area contributed by atoms with Crippen LogP contribution in [0.1, 0.15) is 5.56 Å². The molecule has 0 heterocycles. The monoisotopic (exact) mass is 381 g/mol. The van der Waals surface area contributed by atoms with E-state index >= 15 is 0 Å². The second kappa shape index (κ2) is 5.88. The van der Waals surface area contributed by atoms with E-state index in [9.17, 15) is 12.8 Å². The second-order valence-electron chi connectivity index (χ2n) is 5.47. The van der Waals surface area contributed by atoms with Gasteiger partial charge in [0, 0.05) is 0 Å². The topological polar surface area (TPSA) is 46.2 Å². The Kier molecular flexibility index (Phi) is 5.20. The average Bonchev–Trinajstić information content (AvgIpc) is 2.17. The number of hydrogen-bond acceptors (Lipinski definition) is 2. The van der Waals surface area contributed by atoms with E-state index in [0.717, 1.165) is 6.26 Å². The summed E-state index contributed by atoms with van der Waals surface area (Å²) in [6.07, 6.45) is 1.49. The van der Waals surface area contributed by atoms with Crippen molar-refractivity contribution < 1.29 is 12.8 Å². The molecule has 0 fully saturated rings. The zero-order valence-corrected chi connectivity index (χ0v) is 14.9. The first-order chi connectivity index (χ1) is 8.09. The van der Waals surface area contributed by atoms with Crippen molar-refractivity contribution in [2.45, 2.75) is 21.2 Å². The molecule has 0 aliphatic carbocycles. The predicted molar refractivity (Wildman–Crippen MR) is 75.9 cm³/mol. The van der Waals surface area contributed by atoms with Crippen LogP contribution in [0, 0.1) is 5.82 Å². The first-order valence-electron chi connectivity index (χ1n) is 5.83. The molecule has 0 aliphatic rings. The molecule has 3 nitrogen and oxygen atoms in total. The summed E-state index contributed by atoms with van der Waals surface area (Å²) in [5, 5.41) is 0. The van der Waals surface area contributed by atoms with Gasteiger partial charge in [-0.2, -0.15) is 0 Å². The van der Waals surface area contributed by atoms with Crippen molar-refractivity contribution >= 4 is 32.0 Å². The summed E-state index contributed by atoms with van der Waals surface area (Å²) < 4.78 is 39.1. The Balaban J connectivity index is 2.82. The third kappa shape index (κ3) is 5.24. The molecule has 0 saturated heterocycles. The molecular formula is C12H20FNO2SSn. The molecule has 1 aromatic carbocycles. The van der Waals surface area contributed by atoms with E-state index in [0.29, 0.717) is 12.0 Å². The summed E-state index contributed by atoms with van der Waals surface area (Å²) in [4.78, 5) is 6.79. The number of hydrogen-bond donors (Lipinski definition) is 1. The fourth-order valence-corrected chi connectivity index (χ4v) is 5.47. The molecule has 0 aromatic heterocycles. The van der Waals surface area contributed by atoms with Gasteiger partial charge >= 0.3 is 113 Å². The molecule has 0 amide bonds. The maximum absolute atomic E-state index is 13.6. The van der Waals surface area contributed by atoms with E-state index < -0.39 is 28.4 Å². The maximum atomic E-state index is 13.6. The molecule has 0 bridgehead atoms. The van der Waals surface area contributed by atoms with Gasteiger partial charge in [0.05, 0.1) is 0 Å². The van der Waals surface area contributed by atoms with E-state index in [1.165, 1.54) is 9.65 Å². The van der Waals surface area contributed by atoms with Crippen molar-refractivity contribution in [3.63, 3.8) is 0 Å². The Bertz CT molecular complexity index is 523. The van der Waals surface area contributed by atoms with Gasteiger partial charge < -0.3 is 0 Å². The van der Waals surface area contributed by atoms with E-state index in [1.54, 1.807) is 0 Å². The molecule has 18 heavy (non-hydrogen) atoms. The molecule has 0 saturated carbocycles. The quantitative estimate of drug-likeness (QED) is 0.787. The summed E-state index contributed by atoms with van der Waals surface area (Å²) in [6.45, 7) is 0.235. The fourth-order valence-electron chi connectivity index (χ4n) is 1.60. The summed E-state index contributed by atoms with van der Waals surface area (Å²) in [5.74, 6) is -0.260. The Morgan fingerprint density at radius 2 is 1.89 bits per heavy atom. The molecule has 0 unspecified atom stereocenters. The second-order valence-corrected chi connectivity index (χ2v) is 21.8. The van der Waals surface area contributed by atoms with Crippen molar-refractivity contribution in [3.8, 4) is 0 Å². The van der Waals surface area contributed by atoms with Gasteiger partial charge in [0.2, 0.25) is 0 Å². The summed E-state index contributed by atoms with van der Waals surface area (Å²) in [6, 6.07) is 5.25. The van der Waals surface area contributed by atoms with Crippen LogP contribution in [0.4, 0.5) is 4.39 Å². The van der Waals surface area contributed by atoms with Gasteiger partial charge in [-0.1, -0.05) is 0 Å². The van der Waals surface area contributed by atoms with Crippen LogP contribution in [0.5, 0.6) is 0 Å². The Hall–Kier alpha value is -0.141. The van der Waals surface area contributed by atoms with Crippen LogP contribution < -0.4 is 8.30 Å². The number of rotatable bonds is 5. The van der Waals surface area contributed by atoms with Gasteiger partial charge in [-0.15, -0.1) is 0 Å². The number of benzene rings is 1. The molecule has 0 spiro atoms. The van der Waals surface area contributed by atoms with Crippen LogP contribution >= 0.6 is 0 Å². The van der Waals surface area contributed by atoms with Crippen LogP contribution in [0.15, 0.2) is 18.2 Å². The number of halogens is 1. The van der Waals surface area contributed by atoms with Gasteiger partial charge in [-0.05, 0) is 0 Å². The van der Waals surface area contributed by atoms with E-state index in [2.05, 4.69) is 19.5 Å². The molecule has 0 atom stereocenters. The van der Waals surface area contributed by atoms with Crippen molar-refractivity contribution in [3.05, 3.63) is 29.6 Å². The van der Waals surface area contributed by atoms with Gasteiger partial charge in [-0.25, -0.2) is 0 Å². The van der Waals surface area contributed by atoms with Gasteiger partial charge in [-0.3, -0.25) is 0 Å². The average molecular weight is 380 g/mol. The molecule has 102 valence electrons. The standard InChI is InChI=1S/C9H11FNO2S.3CH3.Sn/c1-14(12,13)11-7-6-8-4-2-3-5-9(8)10;;;;/h3-5,11H,6-7H2,1H3;3*1H3;. The first kappa shape index (κ1) is 15.9. The summed E-state index contributed by atoms with van der Waals surface area (Å²) >= 11 is -2.20. The number of nitrogens with one attached hydrogen (secondary N) is 1. The van der Waals surface area contributed by atoms with Gasteiger partial charge in [0.15, 0.2) is 0 Å². The zero-order valence-electron chi connectivity index (χ0n) is 11.2. The first-order valence-corrected chi connectivity index (χ1v) is 17.7. The molecule has 6 heteroatoms. The molecule has 1 rings (SSSR count).